The Bertz CT molecular complexity index is 827. The molecule has 1 N–H and O–H groups in total. The van der Waals surface area contributed by atoms with Gasteiger partial charge in [0.05, 0.1) is 29.2 Å². The van der Waals surface area contributed by atoms with Gasteiger partial charge in [-0.1, -0.05) is 6.07 Å². The zero-order chi connectivity index (χ0) is 16.4. The molecule has 1 atom stereocenters. The molecule has 0 aliphatic carbocycles. The molecule has 2 heterocycles. The van der Waals surface area contributed by atoms with E-state index in [1.54, 1.807) is 12.1 Å². The molecule has 0 bridgehead atoms. The number of anilines is 1. The van der Waals surface area contributed by atoms with Gasteiger partial charge in [0.15, 0.2) is 24.1 Å². The molecule has 23 heavy (non-hydrogen) atoms. The second-order valence-electron chi connectivity index (χ2n) is 4.85. The van der Waals surface area contributed by atoms with Crippen LogP contribution < -0.4 is 10.1 Å². The summed E-state index contributed by atoms with van der Waals surface area (Å²) in [4.78, 5) is 27.8. The topological polar surface area (TPSA) is 92.1 Å². The van der Waals surface area contributed by atoms with Crippen molar-refractivity contribution in [2.75, 3.05) is 11.9 Å². The molecule has 2 aromatic rings. The van der Waals surface area contributed by atoms with Crippen molar-refractivity contribution in [3.8, 4) is 11.8 Å². The number of aromatic nitrogens is 1. The van der Waals surface area contributed by atoms with Gasteiger partial charge < -0.3 is 10.1 Å². The minimum atomic E-state index is -1.19. The van der Waals surface area contributed by atoms with Crippen LogP contribution in [0.1, 0.15) is 22.0 Å². The maximum Gasteiger partial charge on any atom is 0.262 e. The number of nitriles is 1. The fraction of sp³-hybridized carbons (Fsp3) is 0.125. The van der Waals surface area contributed by atoms with Gasteiger partial charge in [-0.05, 0) is 24.3 Å². The Morgan fingerprint density at radius 2 is 2.22 bits per heavy atom. The Hall–Kier alpha value is -3.27. The van der Waals surface area contributed by atoms with Gasteiger partial charge in [0.2, 0.25) is 0 Å². The van der Waals surface area contributed by atoms with Gasteiger partial charge in [0.1, 0.15) is 5.82 Å². The summed E-state index contributed by atoms with van der Waals surface area (Å²) in [6, 6.07) is 8.98. The molecule has 6 nitrogen and oxygen atoms in total. The SMILES string of the molecule is N#CC(C(=O)c1cccc2c1OCC(=O)N2)c1ccc(F)cn1. The first-order valence-corrected chi connectivity index (χ1v) is 6.71. The van der Waals surface area contributed by atoms with E-state index in [1.807, 2.05) is 6.07 Å². The molecule has 114 valence electrons. The Labute approximate surface area is 130 Å². The molecule has 7 heteroatoms. The van der Waals surface area contributed by atoms with E-state index in [4.69, 9.17) is 4.74 Å². The number of halogens is 1. The molecule has 1 unspecified atom stereocenters. The molecule has 0 radical (unpaired) electrons. The van der Waals surface area contributed by atoms with Crippen LogP contribution in [-0.4, -0.2) is 23.3 Å². The second-order valence-corrected chi connectivity index (χ2v) is 4.85. The molecule has 1 amide bonds. The van der Waals surface area contributed by atoms with Crippen molar-refractivity contribution < 1.29 is 18.7 Å². The van der Waals surface area contributed by atoms with Crippen LogP contribution in [0.4, 0.5) is 10.1 Å². The van der Waals surface area contributed by atoms with Crippen molar-refractivity contribution in [1.82, 2.24) is 4.98 Å². The Morgan fingerprint density at radius 3 is 2.91 bits per heavy atom. The number of para-hydroxylation sites is 1. The van der Waals surface area contributed by atoms with Gasteiger partial charge in [0, 0.05) is 0 Å². The third-order valence-electron chi connectivity index (χ3n) is 3.34. The fourth-order valence-electron chi connectivity index (χ4n) is 2.28. The third kappa shape index (κ3) is 2.74. The summed E-state index contributed by atoms with van der Waals surface area (Å²) in [5.41, 5.74) is 0.687. The number of carbonyl (C=O) groups excluding carboxylic acids is 2. The van der Waals surface area contributed by atoms with Crippen LogP contribution in [0.15, 0.2) is 36.5 Å². The summed E-state index contributed by atoms with van der Waals surface area (Å²) < 4.78 is 18.3. The number of hydrogen-bond donors (Lipinski definition) is 1. The summed E-state index contributed by atoms with van der Waals surface area (Å²) in [7, 11) is 0. The summed E-state index contributed by atoms with van der Waals surface area (Å²) in [6.45, 7) is -0.205. The van der Waals surface area contributed by atoms with E-state index in [0.717, 1.165) is 12.3 Å². The number of amides is 1. The molecular weight excluding hydrogens is 301 g/mol. The van der Waals surface area contributed by atoms with E-state index in [9.17, 15) is 19.2 Å². The van der Waals surface area contributed by atoms with Crippen molar-refractivity contribution >= 4 is 17.4 Å². The van der Waals surface area contributed by atoms with E-state index < -0.39 is 17.5 Å². The highest BCUT2D eigenvalue weighted by molar-refractivity contribution is 6.07. The van der Waals surface area contributed by atoms with Crippen molar-refractivity contribution in [3.05, 3.63) is 53.6 Å². The number of fused-ring (bicyclic) bond motifs is 1. The van der Waals surface area contributed by atoms with Gasteiger partial charge in [-0.2, -0.15) is 5.26 Å². The number of rotatable bonds is 3. The molecule has 0 saturated heterocycles. The molecule has 3 rings (SSSR count). The second kappa shape index (κ2) is 5.85. The first kappa shape index (κ1) is 14.7. The van der Waals surface area contributed by atoms with Gasteiger partial charge in [-0.3, -0.25) is 14.6 Å². The molecular formula is C16H10FN3O3. The smallest absolute Gasteiger partial charge is 0.262 e. The lowest BCUT2D eigenvalue weighted by molar-refractivity contribution is -0.118. The van der Waals surface area contributed by atoms with Gasteiger partial charge in [-0.15, -0.1) is 0 Å². The number of Topliss-reactive ketones (excluding diaryl/α,β-unsaturated/α-hetero) is 1. The Morgan fingerprint density at radius 1 is 1.39 bits per heavy atom. The van der Waals surface area contributed by atoms with Crippen molar-refractivity contribution in [2.45, 2.75) is 5.92 Å². The van der Waals surface area contributed by atoms with Crippen LogP contribution in [0.5, 0.6) is 5.75 Å². The van der Waals surface area contributed by atoms with Crippen LogP contribution in [0, 0.1) is 17.1 Å². The van der Waals surface area contributed by atoms with Crippen LogP contribution in [0.25, 0.3) is 0 Å². The van der Waals surface area contributed by atoms with Gasteiger partial charge in [-0.25, -0.2) is 4.39 Å². The molecule has 1 aliphatic heterocycles. The minimum Gasteiger partial charge on any atom is -0.481 e. The third-order valence-corrected chi connectivity index (χ3v) is 3.34. The lowest BCUT2D eigenvalue weighted by Crippen LogP contribution is -2.27. The maximum atomic E-state index is 12.9. The quantitative estimate of drug-likeness (QED) is 0.876. The molecule has 0 fully saturated rings. The van der Waals surface area contributed by atoms with Crippen LogP contribution in [0.2, 0.25) is 0 Å². The number of benzene rings is 1. The Kier molecular flexibility index (Phi) is 3.73. The molecule has 1 aliphatic rings. The largest absolute Gasteiger partial charge is 0.481 e. The number of nitrogens with one attached hydrogen (secondary N) is 1. The van der Waals surface area contributed by atoms with E-state index in [2.05, 4.69) is 10.3 Å². The number of ketones is 1. The fourth-order valence-corrected chi connectivity index (χ4v) is 2.28. The Balaban J connectivity index is 1.99. The van der Waals surface area contributed by atoms with Crippen molar-refractivity contribution in [1.29, 1.82) is 5.26 Å². The number of carbonyl (C=O) groups is 2. The van der Waals surface area contributed by atoms with E-state index in [-0.39, 0.29) is 29.5 Å². The van der Waals surface area contributed by atoms with E-state index >= 15 is 0 Å². The minimum absolute atomic E-state index is 0.149. The van der Waals surface area contributed by atoms with Crippen LogP contribution in [-0.2, 0) is 4.79 Å². The number of pyridine rings is 1. The number of nitrogens with zero attached hydrogens (tertiary/aromatic N) is 2. The zero-order valence-corrected chi connectivity index (χ0v) is 11.7. The summed E-state index contributed by atoms with van der Waals surface area (Å²) in [5.74, 6) is -2.37. The standard InChI is InChI=1S/C16H10FN3O3/c17-9-4-5-12(19-7-9)11(6-18)15(22)10-2-1-3-13-16(10)23-8-14(21)20-13/h1-5,7,11H,8H2,(H,20,21). The number of hydrogen-bond acceptors (Lipinski definition) is 5. The first-order valence-electron chi connectivity index (χ1n) is 6.71. The highest BCUT2D eigenvalue weighted by Gasteiger charge is 2.29. The van der Waals surface area contributed by atoms with Crippen molar-refractivity contribution in [2.24, 2.45) is 0 Å². The highest BCUT2D eigenvalue weighted by atomic mass is 19.1. The molecule has 0 spiro atoms. The summed E-state index contributed by atoms with van der Waals surface area (Å²) in [5, 5.41) is 11.9. The van der Waals surface area contributed by atoms with Crippen molar-refractivity contribution in [3.63, 3.8) is 0 Å². The van der Waals surface area contributed by atoms with Crippen LogP contribution >= 0.6 is 0 Å². The molecule has 0 saturated carbocycles. The van der Waals surface area contributed by atoms with Crippen LogP contribution in [0.3, 0.4) is 0 Å². The average Bonchev–Trinajstić information content (AvgIpc) is 2.56. The van der Waals surface area contributed by atoms with Gasteiger partial charge in [0.25, 0.3) is 5.91 Å². The lowest BCUT2D eigenvalue weighted by Gasteiger charge is -2.20. The lowest BCUT2D eigenvalue weighted by atomic mass is 9.94. The zero-order valence-electron chi connectivity index (χ0n) is 11.7. The maximum absolute atomic E-state index is 12.9. The number of ether oxygens (including phenoxy) is 1. The molecule has 1 aromatic heterocycles. The normalized spacial score (nSPS) is 14.0. The predicted molar refractivity (Wildman–Crippen MR) is 77.4 cm³/mol. The average molecular weight is 311 g/mol. The van der Waals surface area contributed by atoms with E-state index in [0.29, 0.717) is 5.69 Å². The summed E-state index contributed by atoms with van der Waals surface area (Å²) in [6.07, 6.45) is 0.949. The predicted octanol–water partition coefficient (Wildman–Crippen LogP) is 2.04. The molecule has 1 aromatic carbocycles. The summed E-state index contributed by atoms with van der Waals surface area (Å²) >= 11 is 0. The van der Waals surface area contributed by atoms with E-state index in [1.165, 1.54) is 12.1 Å². The van der Waals surface area contributed by atoms with Gasteiger partial charge >= 0.3 is 0 Å². The highest BCUT2D eigenvalue weighted by Crippen LogP contribution is 2.34. The monoisotopic (exact) mass is 311 g/mol. The first-order chi connectivity index (χ1) is 11.1.